The molecule has 106 valence electrons. The first-order chi connectivity index (χ1) is 8.65. The van der Waals surface area contributed by atoms with Gasteiger partial charge in [0.2, 0.25) is 0 Å². The van der Waals surface area contributed by atoms with Crippen molar-refractivity contribution in [3.05, 3.63) is 0 Å². The molecule has 1 heterocycles. The number of nitrogens with one attached hydrogen (secondary N) is 1. The lowest BCUT2D eigenvalue weighted by Gasteiger charge is -2.48. The fraction of sp³-hybridized carbons (Fsp3) is 1.00. The van der Waals surface area contributed by atoms with Crippen LogP contribution in [0.3, 0.4) is 0 Å². The Balaban J connectivity index is 1.89. The Bertz CT molecular complexity index is 240. The van der Waals surface area contributed by atoms with Crippen molar-refractivity contribution in [3.63, 3.8) is 0 Å². The van der Waals surface area contributed by atoms with Crippen LogP contribution in [0.2, 0.25) is 0 Å². The van der Waals surface area contributed by atoms with E-state index in [0.29, 0.717) is 5.54 Å². The third kappa shape index (κ3) is 3.48. The van der Waals surface area contributed by atoms with Gasteiger partial charge in [0.15, 0.2) is 0 Å². The van der Waals surface area contributed by atoms with Crippen molar-refractivity contribution >= 4 is 0 Å². The van der Waals surface area contributed by atoms with Crippen molar-refractivity contribution in [1.29, 1.82) is 0 Å². The van der Waals surface area contributed by atoms with E-state index in [2.05, 4.69) is 31.0 Å². The summed E-state index contributed by atoms with van der Waals surface area (Å²) in [5.41, 5.74) is 0.472. The predicted octanol–water partition coefficient (Wildman–Crippen LogP) is 3.42. The Morgan fingerprint density at radius 2 is 1.89 bits per heavy atom. The minimum Gasteiger partial charge on any atom is -0.309 e. The first-order valence-electron chi connectivity index (χ1n) is 8.14. The molecular formula is C16H32N2. The van der Waals surface area contributed by atoms with E-state index >= 15 is 0 Å². The van der Waals surface area contributed by atoms with Crippen LogP contribution in [0, 0.1) is 5.92 Å². The SMILES string of the molecule is CCC(C)CC(C)N1CCNC2(CCCCC2)C1. The Hall–Kier alpha value is -0.0800. The van der Waals surface area contributed by atoms with Gasteiger partial charge in [-0.25, -0.2) is 0 Å². The third-order valence-corrected chi connectivity index (χ3v) is 5.28. The summed E-state index contributed by atoms with van der Waals surface area (Å²) < 4.78 is 0. The molecule has 18 heavy (non-hydrogen) atoms. The molecule has 2 heteroatoms. The summed E-state index contributed by atoms with van der Waals surface area (Å²) in [5.74, 6) is 0.872. The van der Waals surface area contributed by atoms with E-state index in [1.54, 1.807) is 0 Å². The first kappa shape index (κ1) is 14.3. The second-order valence-electron chi connectivity index (χ2n) is 6.84. The lowest BCUT2D eigenvalue weighted by Crippen LogP contribution is -2.62. The normalized spacial score (nSPS) is 28.2. The minimum absolute atomic E-state index is 0.472. The van der Waals surface area contributed by atoms with Crippen molar-refractivity contribution in [2.75, 3.05) is 19.6 Å². The van der Waals surface area contributed by atoms with Crippen LogP contribution in [-0.2, 0) is 0 Å². The molecule has 1 saturated heterocycles. The highest BCUT2D eigenvalue weighted by Crippen LogP contribution is 2.31. The van der Waals surface area contributed by atoms with Crippen molar-refractivity contribution in [1.82, 2.24) is 10.2 Å². The summed E-state index contributed by atoms with van der Waals surface area (Å²) in [6, 6.07) is 0.765. The molecule has 2 unspecified atom stereocenters. The number of hydrogen-bond acceptors (Lipinski definition) is 2. The van der Waals surface area contributed by atoms with E-state index in [-0.39, 0.29) is 0 Å². The van der Waals surface area contributed by atoms with Crippen LogP contribution in [0.15, 0.2) is 0 Å². The number of rotatable bonds is 4. The van der Waals surface area contributed by atoms with Gasteiger partial charge >= 0.3 is 0 Å². The molecule has 0 aromatic rings. The molecule has 0 bridgehead atoms. The summed E-state index contributed by atoms with van der Waals surface area (Å²) >= 11 is 0. The van der Waals surface area contributed by atoms with Crippen molar-refractivity contribution in [3.8, 4) is 0 Å². The Morgan fingerprint density at radius 1 is 1.17 bits per heavy atom. The topological polar surface area (TPSA) is 15.3 Å². The standard InChI is InChI=1S/C16H32N2/c1-4-14(2)12-15(3)18-11-10-17-16(13-18)8-6-5-7-9-16/h14-15,17H,4-13H2,1-3H3. The van der Waals surface area contributed by atoms with E-state index in [4.69, 9.17) is 0 Å². The van der Waals surface area contributed by atoms with E-state index in [1.165, 1.54) is 64.6 Å². The zero-order valence-electron chi connectivity index (χ0n) is 12.7. The first-order valence-corrected chi connectivity index (χ1v) is 8.14. The Kier molecular flexibility index (Phi) is 5.08. The molecule has 2 atom stereocenters. The molecule has 2 rings (SSSR count). The molecule has 2 nitrogen and oxygen atoms in total. The van der Waals surface area contributed by atoms with Gasteiger partial charge in [-0.05, 0) is 32.1 Å². The largest absolute Gasteiger partial charge is 0.309 e. The summed E-state index contributed by atoms with van der Waals surface area (Å²) in [6.07, 6.45) is 9.81. The highest BCUT2D eigenvalue weighted by Gasteiger charge is 2.37. The van der Waals surface area contributed by atoms with Crippen LogP contribution >= 0.6 is 0 Å². The van der Waals surface area contributed by atoms with Crippen LogP contribution < -0.4 is 5.32 Å². The zero-order chi connectivity index (χ0) is 13.0. The van der Waals surface area contributed by atoms with Crippen molar-refractivity contribution in [2.24, 2.45) is 5.92 Å². The zero-order valence-corrected chi connectivity index (χ0v) is 12.7. The third-order valence-electron chi connectivity index (χ3n) is 5.28. The van der Waals surface area contributed by atoms with Crippen LogP contribution in [0.1, 0.15) is 65.7 Å². The van der Waals surface area contributed by atoms with Crippen LogP contribution in [0.4, 0.5) is 0 Å². The quantitative estimate of drug-likeness (QED) is 0.825. The van der Waals surface area contributed by atoms with Crippen molar-refractivity contribution in [2.45, 2.75) is 77.3 Å². The molecule has 1 N–H and O–H groups in total. The average Bonchev–Trinajstić information content (AvgIpc) is 2.39. The van der Waals surface area contributed by atoms with E-state index in [0.717, 1.165) is 12.0 Å². The van der Waals surface area contributed by atoms with Gasteiger partial charge in [0.1, 0.15) is 0 Å². The minimum atomic E-state index is 0.472. The highest BCUT2D eigenvalue weighted by atomic mass is 15.2. The van der Waals surface area contributed by atoms with Gasteiger partial charge in [-0.2, -0.15) is 0 Å². The predicted molar refractivity (Wildman–Crippen MR) is 78.9 cm³/mol. The fourth-order valence-electron chi connectivity index (χ4n) is 3.83. The molecule has 0 amide bonds. The van der Waals surface area contributed by atoms with Gasteiger partial charge in [-0.1, -0.05) is 39.5 Å². The molecule has 1 saturated carbocycles. The van der Waals surface area contributed by atoms with E-state index in [9.17, 15) is 0 Å². The molecule has 1 spiro atoms. The number of piperazine rings is 1. The molecule has 0 radical (unpaired) electrons. The number of hydrogen-bond donors (Lipinski definition) is 1. The van der Waals surface area contributed by atoms with Gasteiger partial charge in [0.25, 0.3) is 0 Å². The summed E-state index contributed by atoms with van der Waals surface area (Å²) in [6.45, 7) is 10.9. The smallest absolute Gasteiger partial charge is 0.0309 e. The second-order valence-corrected chi connectivity index (χ2v) is 6.84. The van der Waals surface area contributed by atoms with Crippen LogP contribution in [0.5, 0.6) is 0 Å². The van der Waals surface area contributed by atoms with Gasteiger partial charge < -0.3 is 5.32 Å². The van der Waals surface area contributed by atoms with Crippen molar-refractivity contribution < 1.29 is 0 Å². The van der Waals surface area contributed by atoms with E-state index < -0.39 is 0 Å². The maximum absolute atomic E-state index is 3.84. The second kappa shape index (κ2) is 6.38. The summed E-state index contributed by atoms with van der Waals surface area (Å²) in [4.78, 5) is 2.76. The molecule has 0 aromatic heterocycles. The molecular weight excluding hydrogens is 220 g/mol. The average molecular weight is 252 g/mol. The molecule has 1 aliphatic carbocycles. The van der Waals surface area contributed by atoms with Crippen LogP contribution in [0.25, 0.3) is 0 Å². The number of nitrogens with zero attached hydrogens (tertiary/aromatic N) is 1. The summed E-state index contributed by atoms with van der Waals surface area (Å²) in [5, 5.41) is 3.84. The highest BCUT2D eigenvalue weighted by molar-refractivity contribution is 4.97. The Labute approximate surface area is 114 Å². The van der Waals surface area contributed by atoms with Gasteiger partial charge in [-0.15, -0.1) is 0 Å². The monoisotopic (exact) mass is 252 g/mol. The van der Waals surface area contributed by atoms with Gasteiger partial charge in [0, 0.05) is 31.2 Å². The maximum Gasteiger partial charge on any atom is 0.0309 e. The molecule has 2 aliphatic rings. The molecule has 1 aliphatic heterocycles. The summed E-state index contributed by atoms with van der Waals surface area (Å²) in [7, 11) is 0. The molecule has 0 aromatic carbocycles. The molecule has 2 fully saturated rings. The lowest BCUT2D eigenvalue weighted by molar-refractivity contribution is 0.0653. The maximum atomic E-state index is 3.84. The lowest BCUT2D eigenvalue weighted by atomic mass is 9.79. The van der Waals surface area contributed by atoms with E-state index in [1.807, 2.05) is 0 Å². The Morgan fingerprint density at radius 3 is 2.56 bits per heavy atom. The fourth-order valence-corrected chi connectivity index (χ4v) is 3.83. The van der Waals surface area contributed by atoms with Gasteiger partial charge in [-0.3, -0.25) is 4.90 Å². The van der Waals surface area contributed by atoms with Crippen LogP contribution in [-0.4, -0.2) is 36.1 Å². The van der Waals surface area contributed by atoms with Gasteiger partial charge in [0.05, 0.1) is 0 Å².